The number of fused-ring (bicyclic) bond motifs is 1. The maximum absolute atomic E-state index is 12.4. The molecule has 144 valence electrons. The third-order valence-electron chi connectivity index (χ3n) is 4.88. The van der Waals surface area contributed by atoms with Crippen LogP contribution >= 0.6 is 0 Å². The number of amides is 1. The molecule has 1 aliphatic heterocycles. The van der Waals surface area contributed by atoms with Crippen molar-refractivity contribution in [3.8, 4) is 0 Å². The fourth-order valence-electron chi connectivity index (χ4n) is 3.34. The number of carbonyl (C=O) groups is 2. The number of benzene rings is 2. The van der Waals surface area contributed by atoms with Gasteiger partial charge in [-0.15, -0.1) is 0 Å². The summed E-state index contributed by atoms with van der Waals surface area (Å²) in [4.78, 5) is 32.8. The number of esters is 1. The van der Waals surface area contributed by atoms with Gasteiger partial charge in [0.15, 0.2) is 18.6 Å². The van der Waals surface area contributed by atoms with Gasteiger partial charge in [0.1, 0.15) is 5.52 Å². The second-order valence-corrected chi connectivity index (χ2v) is 6.72. The Kier molecular flexibility index (Phi) is 5.34. The average molecular weight is 379 g/mol. The van der Waals surface area contributed by atoms with Gasteiger partial charge in [0.05, 0.1) is 5.56 Å². The molecular formula is C21H21N3O4. The van der Waals surface area contributed by atoms with Gasteiger partial charge in [-0.25, -0.2) is 9.78 Å². The first-order chi connectivity index (χ1) is 13.7. The van der Waals surface area contributed by atoms with Crippen LogP contribution in [0.1, 0.15) is 15.9 Å². The molecule has 0 radical (unpaired) electrons. The van der Waals surface area contributed by atoms with Gasteiger partial charge in [0.25, 0.3) is 5.91 Å². The Morgan fingerprint density at radius 3 is 2.57 bits per heavy atom. The molecule has 0 unspecified atom stereocenters. The lowest BCUT2D eigenvalue weighted by molar-refractivity contribution is -0.136. The Balaban J connectivity index is 1.27. The van der Waals surface area contributed by atoms with E-state index >= 15 is 0 Å². The molecule has 3 aromatic rings. The Morgan fingerprint density at radius 1 is 1.00 bits per heavy atom. The van der Waals surface area contributed by atoms with E-state index in [0.717, 1.165) is 19.6 Å². The van der Waals surface area contributed by atoms with Gasteiger partial charge in [-0.2, -0.15) is 0 Å². The summed E-state index contributed by atoms with van der Waals surface area (Å²) < 4.78 is 10.4. The van der Waals surface area contributed by atoms with E-state index in [-0.39, 0.29) is 12.5 Å². The van der Waals surface area contributed by atoms with Crippen LogP contribution in [0.2, 0.25) is 0 Å². The molecule has 1 aliphatic rings. The van der Waals surface area contributed by atoms with E-state index in [1.165, 1.54) is 12.0 Å². The molecule has 1 fully saturated rings. The molecule has 2 aromatic carbocycles. The summed E-state index contributed by atoms with van der Waals surface area (Å²) in [6, 6.07) is 15.3. The average Bonchev–Trinajstić information content (AvgIpc) is 3.22. The summed E-state index contributed by atoms with van der Waals surface area (Å²) >= 11 is 0. The number of ether oxygens (including phenoxy) is 1. The highest BCUT2D eigenvalue weighted by Gasteiger charge is 2.23. The van der Waals surface area contributed by atoms with E-state index in [0.29, 0.717) is 29.8 Å². The molecule has 0 atom stereocenters. The molecule has 0 bridgehead atoms. The van der Waals surface area contributed by atoms with Crippen LogP contribution < -0.4 is 0 Å². The maximum atomic E-state index is 12.4. The number of aromatic nitrogens is 1. The number of piperazine rings is 1. The molecule has 0 N–H and O–H groups in total. The summed E-state index contributed by atoms with van der Waals surface area (Å²) in [6.45, 7) is 3.45. The molecule has 4 rings (SSSR count). The van der Waals surface area contributed by atoms with Gasteiger partial charge in [0, 0.05) is 32.7 Å². The second-order valence-electron chi connectivity index (χ2n) is 6.72. The maximum Gasteiger partial charge on any atom is 0.340 e. The Labute approximate surface area is 162 Å². The van der Waals surface area contributed by atoms with E-state index in [2.05, 4.69) is 22.0 Å². The molecule has 7 nitrogen and oxygen atoms in total. The summed E-state index contributed by atoms with van der Waals surface area (Å²) in [7, 11) is 0. The SMILES string of the molecule is O=C(OCC(=O)N1CCN(Cc2ccccc2)CC1)c1cccc2ocnc12. The Bertz CT molecular complexity index is 962. The first-order valence-electron chi connectivity index (χ1n) is 9.24. The zero-order valence-corrected chi connectivity index (χ0v) is 15.4. The highest BCUT2D eigenvalue weighted by Crippen LogP contribution is 2.18. The molecule has 1 amide bonds. The minimum atomic E-state index is -0.574. The van der Waals surface area contributed by atoms with E-state index in [1.807, 2.05) is 18.2 Å². The predicted octanol–water partition coefficient (Wildman–Crippen LogP) is 2.33. The highest BCUT2D eigenvalue weighted by atomic mass is 16.5. The lowest BCUT2D eigenvalue weighted by Gasteiger charge is -2.34. The molecule has 1 saturated heterocycles. The summed E-state index contributed by atoms with van der Waals surface area (Å²) in [5.41, 5.74) is 2.51. The molecule has 7 heteroatoms. The minimum Gasteiger partial charge on any atom is -0.452 e. The number of nitrogens with zero attached hydrogens (tertiary/aromatic N) is 3. The lowest BCUT2D eigenvalue weighted by Crippen LogP contribution is -2.49. The number of rotatable bonds is 5. The molecule has 0 aliphatic carbocycles. The van der Waals surface area contributed by atoms with Crippen LogP contribution in [0.4, 0.5) is 0 Å². The molecule has 0 saturated carbocycles. The largest absolute Gasteiger partial charge is 0.452 e. The second kappa shape index (κ2) is 8.22. The summed E-state index contributed by atoms with van der Waals surface area (Å²) in [6.07, 6.45) is 1.28. The molecule has 0 spiro atoms. The first-order valence-corrected chi connectivity index (χ1v) is 9.24. The van der Waals surface area contributed by atoms with Gasteiger partial charge in [-0.3, -0.25) is 9.69 Å². The molecule has 1 aromatic heterocycles. The van der Waals surface area contributed by atoms with Crippen LogP contribution in [0.3, 0.4) is 0 Å². The predicted molar refractivity (Wildman–Crippen MR) is 103 cm³/mol. The minimum absolute atomic E-state index is 0.181. The molecule has 2 heterocycles. The van der Waals surface area contributed by atoms with E-state index in [4.69, 9.17) is 9.15 Å². The van der Waals surface area contributed by atoms with Gasteiger partial charge in [-0.1, -0.05) is 36.4 Å². The lowest BCUT2D eigenvalue weighted by atomic mass is 10.2. The van der Waals surface area contributed by atoms with Crippen molar-refractivity contribution in [1.29, 1.82) is 0 Å². The van der Waals surface area contributed by atoms with Crippen LogP contribution in [-0.2, 0) is 16.1 Å². The summed E-state index contributed by atoms with van der Waals surface area (Å²) in [5, 5.41) is 0. The highest BCUT2D eigenvalue weighted by molar-refractivity contribution is 6.01. The number of carbonyl (C=O) groups excluding carboxylic acids is 2. The number of para-hydroxylation sites is 1. The normalized spacial score (nSPS) is 14.9. The third kappa shape index (κ3) is 4.04. The Morgan fingerprint density at radius 2 is 1.79 bits per heavy atom. The Hall–Kier alpha value is -3.19. The van der Waals surface area contributed by atoms with Gasteiger partial charge in [0.2, 0.25) is 0 Å². The van der Waals surface area contributed by atoms with Crippen LogP contribution in [0, 0.1) is 0 Å². The van der Waals surface area contributed by atoms with Crippen molar-refractivity contribution in [2.24, 2.45) is 0 Å². The fraction of sp³-hybridized carbons (Fsp3) is 0.286. The fourth-order valence-corrected chi connectivity index (χ4v) is 3.34. The zero-order valence-electron chi connectivity index (χ0n) is 15.4. The smallest absolute Gasteiger partial charge is 0.340 e. The standard InChI is InChI=1S/C21H21N3O4/c25-19(14-27-21(26)17-7-4-8-18-20(17)22-15-28-18)24-11-9-23(10-12-24)13-16-5-2-1-3-6-16/h1-8,15H,9-14H2. The van der Waals surface area contributed by atoms with Crippen molar-refractivity contribution >= 4 is 23.0 Å². The topological polar surface area (TPSA) is 75.9 Å². The number of hydrogen-bond donors (Lipinski definition) is 0. The first kappa shape index (κ1) is 18.2. The van der Waals surface area contributed by atoms with Gasteiger partial charge in [-0.05, 0) is 17.7 Å². The van der Waals surface area contributed by atoms with Crippen molar-refractivity contribution < 1.29 is 18.7 Å². The molecular weight excluding hydrogens is 358 g/mol. The quantitative estimate of drug-likeness (QED) is 0.634. The van der Waals surface area contributed by atoms with Crippen molar-refractivity contribution in [2.75, 3.05) is 32.8 Å². The zero-order chi connectivity index (χ0) is 19.3. The molecule has 28 heavy (non-hydrogen) atoms. The van der Waals surface area contributed by atoms with Crippen LogP contribution in [0.15, 0.2) is 59.3 Å². The number of oxazole rings is 1. The van der Waals surface area contributed by atoms with Crippen molar-refractivity contribution in [3.05, 3.63) is 66.1 Å². The van der Waals surface area contributed by atoms with Crippen LogP contribution in [0.25, 0.3) is 11.1 Å². The van der Waals surface area contributed by atoms with Crippen LogP contribution in [-0.4, -0.2) is 59.4 Å². The van der Waals surface area contributed by atoms with Crippen LogP contribution in [0.5, 0.6) is 0 Å². The van der Waals surface area contributed by atoms with E-state index in [1.54, 1.807) is 23.1 Å². The van der Waals surface area contributed by atoms with Gasteiger partial charge >= 0.3 is 5.97 Å². The van der Waals surface area contributed by atoms with Crippen molar-refractivity contribution in [3.63, 3.8) is 0 Å². The number of hydrogen-bond acceptors (Lipinski definition) is 6. The summed E-state index contributed by atoms with van der Waals surface area (Å²) in [5.74, 6) is -0.754. The van der Waals surface area contributed by atoms with E-state index in [9.17, 15) is 9.59 Å². The van der Waals surface area contributed by atoms with Crippen molar-refractivity contribution in [2.45, 2.75) is 6.54 Å². The van der Waals surface area contributed by atoms with Gasteiger partial charge < -0.3 is 14.1 Å². The van der Waals surface area contributed by atoms with Crippen molar-refractivity contribution in [1.82, 2.24) is 14.8 Å². The van der Waals surface area contributed by atoms with E-state index < -0.39 is 5.97 Å². The monoisotopic (exact) mass is 379 g/mol. The third-order valence-corrected chi connectivity index (χ3v) is 4.88.